The molecule has 1 unspecified atom stereocenters. The van der Waals surface area contributed by atoms with E-state index < -0.39 is 11.9 Å². The summed E-state index contributed by atoms with van der Waals surface area (Å²) in [7, 11) is 0. The minimum atomic E-state index is -0.630. The molecule has 1 aliphatic heterocycles. The molecule has 0 aromatic carbocycles. The Morgan fingerprint density at radius 1 is 1.62 bits per heavy atom. The van der Waals surface area contributed by atoms with Crippen molar-refractivity contribution in [2.45, 2.75) is 6.92 Å². The highest BCUT2D eigenvalue weighted by Gasteiger charge is 2.30. The lowest BCUT2D eigenvalue weighted by molar-refractivity contribution is -0.145. The first-order valence-corrected chi connectivity index (χ1v) is 2.22. The average molecular weight is 115 g/mol. The highest BCUT2D eigenvalue weighted by atomic mass is 16.7. The molecular formula is C4H5NO3. The van der Waals surface area contributed by atoms with Crippen LogP contribution in [0.15, 0.2) is 0 Å². The first-order valence-electron chi connectivity index (χ1n) is 2.22. The van der Waals surface area contributed by atoms with E-state index in [9.17, 15) is 9.59 Å². The van der Waals surface area contributed by atoms with Crippen LogP contribution < -0.4 is 5.48 Å². The number of hydroxylamine groups is 1. The fourth-order valence-corrected chi connectivity index (χ4v) is 0.384. The lowest BCUT2D eigenvalue weighted by Crippen LogP contribution is -2.16. The normalized spacial score (nSPS) is 27.4. The monoisotopic (exact) mass is 115 g/mol. The lowest BCUT2D eigenvalue weighted by Gasteiger charge is -1.83. The van der Waals surface area contributed by atoms with Crippen LogP contribution in [0.2, 0.25) is 0 Å². The van der Waals surface area contributed by atoms with Crippen LogP contribution in [0.5, 0.6) is 0 Å². The molecule has 0 radical (unpaired) electrons. The van der Waals surface area contributed by atoms with Crippen LogP contribution >= 0.6 is 0 Å². The molecule has 0 spiro atoms. The van der Waals surface area contributed by atoms with Crippen LogP contribution in [0.4, 0.5) is 0 Å². The SMILES string of the molecule is CC1C(=O)NOC1=O. The van der Waals surface area contributed by atoms with Gasteiger partial charge in [-0.2, -0.15) is 5.48 Å². The third kappa shape index (κ3) is 0.538. The van der Waals surface area contributed by atoms with E-state index >= 15 is 0 Å². The standard InChI is InChI=1S/C4H5NO3/c1-2-3(6)5-8-4(2)7/h2H,1H3,(H,5,6). The first kappa shape index (κ1) is 5.08. The fraction of sp³-hybridized carbons (Fsp3) is 0.500. The van der Waals surface area contributed by atoms with Gasteiger partial charge in [-0.15, -0.1) is 0 Å². The summed E-state index contributed by atoms with van der Waals surface area (Å²) in [5.74, 6) is -1.50. The van der Waals surface area contributed by atoms with Crippen molar-refractivity contribution in [1.29, 1.82) is 0 Å². The summed E-state index contributed by atoms with van der Waals surface area (Å²) in [6.45, 7) is 1.49. The van der Waals surface area contributed by atoms with Gasteiger partial charge in [-0.3, -0.25) is 4.79 Å². The Labute approximate surface area is 45.8 Å². The Morgan fingerprint density at radius 2 is 2.25 bits per heavy atom. The van der Waals surface area contributed by atoms with Gasteiger partial charge in [0.1, 0.15) is 5.92 Å². The third-order valence-corrected chi connectivity index (χ3v) is 0.999. The summed E-state index contributed by atoms with van der Waals surface area (Å²) in [6.07, 6.45) is 0. The van der Waals surface area contributed by atoms with E-state index in [1.54, 1.807) is 0 Å². The van der Waals surface area contributed by atoms with E-state index in [1.807, 2.05) is 5.48 Å². The lowest BCUT2D eigenvalue weighted by atomic mass is 10.2. The molecule has 1 saturated heterocycles. The molecule has 1 rings (SSSR count). The molecule has 4 heteroatoms. The third-order valence-electron chi connectivity index (χ3n) is 0.999. The van der Waals surface area contributed by atoms with Crippen LogP contribution in [0.3, 0.4) is 0 Å². The zero-order chi connectivity index (χ0) is 6.15. The van der Waals surface area contributed by atoms with Crippen LogP contribution in [-0.2, 0) is 14.4 Å². The fourth-order valence-electron chi connectivity index (χ4n) is 0.384. The first-order chi connectivity index (χ1) is 3.72. The maximum atomic E-state index is 10.3. The van der Waals surface area contributed by atoms with Gasteiger partial charge in [-0.05, 0) is 6.92 Å². The predicted molar refractivity (Wildman–Crippen MR) is 23.4 cm³/mol. The van der Waals surface area contributed by atoms with Gasteiger partial charge in [-0.1, -0.05) is 0 Å². The van der Waals surface area contributed by atoms with E-state index in [0.29, 0.717) is 0 Å². The minimum absolute atomic E-state index is 0.366. The summed E-state index contributed by atoms with van der Waals surface area (Å²) in [5, 5.41) is 0. The molecule has 1 heterocycles. The van der Waals surface area contributed by atoms with Crippen LogP contribution in [0, 0.1) is 5.92 Å². The molecular weight excluding hydrogens is 110 g/mol. The maximum absolute atomic E-state index is 10.3. The van der Waals surface area contributed by atoms with Crippen molar-refractivity contribution in [2.24, 2.45) is 5.92 Å². The number of nitrogens with one attached hydrogen (secondary N) is 1. The molecule has 1 fully saturated rings. The van der Waals surface area contributed by atoms with Crippen molar-refractivity contribution in [3.63, 3.8) is 0 Å². The number of carbonyl (C=O) groups is 2. The average Bonchev–Trinajstić information content (AvgIpc) is 1.98. The Hall–Kier alpha value is -1.06. The molecule has 4 nitrogen and oxygen atoms in total. The zero-order valence-corrected chi connectivity index (χ0v) is 4.30. The van der Waals surface area contributed by atoms with Gasteiger partial charge in [0.05, 0.1) is 0 Å². The molecule has 1 aliphatic rings. The molecule has 1 amide bonds. The number of hydrogen-bond donors (Lipinski definition) is 1. The summed E-state index contributed by atoms with van der Waals surface area (Å²) >= 11 is 0. The topological polar surface area (TPSA) is 55.4 Å². The van der Waals surface area contributed by atoms with Gasteiger partial charge < -0.3 is 4.84 Å². The maximum Gasteiger partial charge on any atom is 0.344 e. The van der Waals surface area contributed by atoms with Crippen molar-refractivity contribution in [2.75, 3.05) is 0 Å². The number of hydrogen-bond acceptors (Lipinski definition) is 3. The van der Waals surface area contributed by atoms with E-state index in [2.05, 4.69) is 4.84 Å². The Morgan fingerprint density at radius 3 is 2.38 bits per heavy atom. The van der Waals surface area contributed by atoms with Crippen molar-refractivity contribution >= 4 is 11.9 Å². The molecule has 0 bridgehead atoms. The molecule has 0 aliphatic carbocycles. The van der Waals surface area contributed by atoms with Crippen molar-refractivity contribution in [3.05, 3.63) is 0 Å². The van der Waals surface area contributed by atoms with E-state index in [-0.39, 0.29) is 5.91 Å². The Balaban J connectivity index is 2.70. The van der Waals surface area contributed by atoms with Gasteiger partial charge in [0.25, 0.3) is 5.91 Å². The minimum Gasteiger partial charge on any atom is -0.340 e. The molecule has 0 aromatic rings. The van der Waals surface area contributed by atoms with E-state index in [0.717, 1.165) is 0 Å². The highest BCUT2D eigenvalue weighted by Crippen LogP contribution is 2.03. The van der Waals surface area contributed by atoms with Gasteiger partial charge in [0.2, 0.25) is 0 Å². The van der Waals surface area contributed by atoms with Crippen molar-refractivity contribution < 1.29 is 14.4 Å². The summed E-state index contributed by atoms with van der Waals surface area (Å²) in [4.78, 5) is 24.7. The number of carbonyl (C=O) groups excluding carboxylic acids is 2. The van der Waals surface area contributed by atoms with Crippen LogP contribution in [0.25, 0.3) is 0 Å². The number of amides is 1. The second-order valence-electron chi connectivity index (χ2n) is 1.61. The van der Waals surface area contributed by atoms with E-state index in [1.165, 1.54) is 6.92 Å². The van der Waals surface area contributed by atoms with Crippen molar-refractivity contribution in [1.82, 2.24) is 5.48 Å². The molecule has 0 saturated carbocycles. The van der Waals surface area contributed by atoms with E-state index in [4.69, 9.17) is 0 Å². The molecule has 0 aromatic heterocycles. The summed E-state index contributed by atoms with van der Waals surface area (Å²) in [5.41, 5.74) is 1.93. The van der Waals surface area contributed by atoms with Gasteiger partial charge in [0, 0.05) is 0 Å². The molecule has 44 valence electrons. The Bertz CT molecular complexity index is 126. The van der Waals surface area contributed by atoms with Crippen molar-refractivity contribution in [3.8, 4) is 0 Å². The highest BCUT2D eigenvalue weighted by molar-refractivity contribution is 6.00. The van der Waals surface area contributed by atoms with Crippen LogP contribution in [-0.4, -0.2) is 11.9 Å². The molecule has 1 atom stereocenters. The smallest absolute Gasteiger partial charge is 0.340 e. The predicted octanol–water partition coefficient (Wildman–Crippen LogP) is -0.790. The largest absolute Gasteiger partial charge is 0.344 e. The molecule has 1 N–H and O–H groups in total. The summed E-state index contributed by atoms with van der Waals surface area (Å²) in [6, 6.07) is 0. The molecule has 8 heavy (non-hydrogen) atoms. The Kier molecular flexibility index (Phi) is 0.932. The quantitative estimate of drug-likeness (QED) is 0.421. The van der Waals surface area contributed by atoms with Gasteiger partial charge in [0.15, 0.2) is 0 Å². The van der Waals surface area contributed by atoms with Crippen LogP contribution in [0.1, 0.15) is 6.92 Å². The summed E-state index contributed by atoms with van der Waals surface area (Å²) < 4.78 is 0. The zero-order valence-electron chi connectivity index (χ0n) is 4.30. The number of rotatable bonds is 0. The second-order valence-corrected chi connectivity index (χ2v) is 1.61. The van der Waals surface area contributed by atoms with Gasteiger partial charge in [-0.25, -0.2) is 4.79 Å². The van der Waals surface area contributed by atoms with Gasteiger partial charge >= 0.3 is 5.97 Å². The second kappa shape index (κ2) is 1.47.